The van der Waals surface area contributed by atoms with Crippen LogP contribution in [0.2, 0.25) is 0 Å². The van der Waals surface area contributed by atoms with Crippen molar-refractivity contribution >= 4 is 11.6 Å². The molecule has 1 aliphatic rings. The van der Waals surface area contributed by atoms with Crippen molar-refractivity contribution in [3.8, 4) is 16.9 Å². The number of fused-ring (bicyclic) bond motifs is 1. The zero-order valence-electron chi connectivity index (χ0n) is 19.0. The van der Waals surface area contributed by atoms with Crippen LogP contribution in [0, 0.1) is 13.8 Å². The Hall–Kier alpha value is -3.48. The van der Waals surface area contributed by atoms with Crippen molar-refractivity contribution in [2.75, 3.05) is 19.0 Å². The van der Waals surface area contributed by atoms with Gasteiger partial charge in [0.2, 0.25) is 0 Å². The van der Waals surface area contributed by atoms with E-state index < -0.39 is 6.36 Å². The van der Waals surface area contributed by atoms with E-state index in [1.165, 1.54) is 12.1 Å². The first kappa shape index (κ1) is 22.7. The van der Waals surface area contributed by atoms with Crippen molar-refractivity contribution in [3.05, 3.63) is 82.4 Å². The van der Waals surface area contributed by atoms with Crippen molar-refractivity contribution in [3.63, 3.8) is 0 Å². The Balaban J connectivity index is 1.55. The molecule has 0 aliphatic carbocycles. The first-order valence-corrected chi connectivity index (χ1v) is 10.6. The van der Waals surface area contributed by atoms with Crippen LogP contribution in [0.5, 0.6) is 5.75 Å². The monoisotopic (exact) mass is 454 g/mol. The summed E-state index contributed by atoms with van der Waals surface area (Å²) in [5.41, 5.74) is 7.79. The van der Waals surface area contributed by atoms with Crippen molar-refractivity contribution in [2.45, 2.75) is 33.3 Å². The SMILES string of the molecule is Cc1cc(N(C)C)ccc1-c1cc(C)c2c(c1)CN(Cc1ccc(OC(F)(F)F)cc1)C2=O. The van der Waals surface area contributed by atoms with E-state index in [1.807, 2.05) is 27.1 Å². The lowest BCUT2D eigenvalue weighted by atomic mass is 9.93. The van der Waals surface area contributed by atoms with Crippen LogP contribution in [0.4, 0.5) is 18.9 Å². The molecule has 0 saturated heterocycles. The van der Waals surface area contributed by atoms with Crippen LogP contribution in [0.1, 0.15) is 32.6 Å². The van der Waals surface area contributed by atoms with Crippen LogP contribution in [-0.4, -0.2) is 31.3 Å². The maximum atomic E-state index is 13.1. The highest BCUT2D eigenvalue weighted by Gasteiger charge is 2.32. The lowest BCUT2D eigenvalue weighted by molar-refractivity contribution is -0.274. The molecule has 33 heavy (non-hydrogen) atoms. The van der Waals surface area contributed by atoms with Gasteiger partial charge in [0, 0.05) is 38.4 Å². The van der Waals surface area contributed by atoms with Crippen LogP contribution in [0.25, 0.3) is 11.1 Å². The highest BCUT2D eigenvalue weighted by molar-refractivity contribution is 6.00. The maximum Gasteiger partial charge on any atom is 0.573 e. The molecule has 7 heteroatoms. The minimum absolute atomic E-state index is 0.0654. The van der Waals surface area contributed by atoms with Gasteiger partial charge in [-0.2, -0.15) is 0 Å². The third-order valence-electron chi connectivity index (χ3n) is 5.85. The summed E-state index contributed by atoms with van der Waals surface area (Å²) in [6.45, 7) is 4.79. The average Bonchev–Trinajstić information content (AvgIpc) is 3.03. The van der Waals surface area contributed by atoms with Crippen LogP contribution < -0.4 is 9.64 Å². The number of carbonyl (C=O) groups is 1. The largest absolute Gasteiger partial charge is 0.573 e. The molecule has 0 bridgehead atoms. The average molecular weight is 454 g/mol. The molecule has 1 amide bonds. The molecule has 1 aliphatic heterocycles. The predicted octanol–water partition coefficient (Wildman–Crippen LogP) is 6.09. The Morgan fingerprint density at radius 2 is 1.67 bits per heavy atom. The summed E-state index contributed by atoms with van der Waals surface area (Å²) in [4.78, 5) is 16.8. The van der Waals surface area contributed by atoms with E-state index in [1.54, 1.807) is 17.0 Å². The van der Waals surface area contributed by atoms with Crippen molar-refractivity contribution in [2.24, 2.45) is 0 Å². The lowest BCUT2D eigenvalue weighted by Gasteiger charge is -2.16. The fraction of sp³-hybridized carbons (Fsp3) is 0.269. The summed E-state index contributed by atoms with van der Waals surface area (Å²) in [7, 11) is 4.01. The molecule has 4 rings (SSSR count). The standard InChI is InChI=1S/C26H25F3N2O2/c1-16-12-21(30(3)4)7-10-23(16)19-11-17(2)24-20(13-19)15-31(25(24)32)14-18-5-8-22(9-6-18)33-26(27,28)29/h5-13H,14-15H2,1-4H3. The smallest absolute Gasteiger partial charge is 0.406 e. The fourth-order valence-electron chi connectivity index (χ4n) is 4.28. The highest BCUT2D eigenvalue weighted by Crippen LogP contribution is 2.34. The summed E-state index contributed by atoms with van der Waals surface area (Å²) in [5.74, 6) is -0.345. The Morgan fingerprint density at radius 1 is 0.970 bits per heavy atom. The summed E-state index contributed by atoms with van der Waals surface area (Å²) >= 11 is 0. The Morgan fingerprint density at radius 3 is 2.27 bits per heavy atom. The van der Waals surface area contributed by atoms with Gasteiger partial charge in [0.05, 0.1) is 0 Å². The summed E-state index contributed by atoms with van der Waals surface area (Å²) in [6.07, 6.45) is -4.73. The number of alkyl halides is 3. The van der Waals surface area contributed by atoms with Crippen LogP contribution in [0.3, 0.4) is 0 Å². The molecule has 0 atom stereocenters. The van der Waals surface area contributed by atoms with Crippen molar-refractivity contribution in [1.29, 1.82) is 0 Å². The zero-order chi connectivity index (χ0) is 23.9. The van der Waals surface area contributed by atoms with Gasteiger partial charge < -0.3 is 14.5 Å². The molecule has 0 saturated carbocycles. The number of halogens is 3. The Bertz CT molecular complexity index is 1200. The van der Waals surface area contributed by atoms with Gasteiger partial charge in [-0.15, -0.1) is 13.2 Å². The molecular formula is C26H25F3N2O2. The second-order valence-corrected chi connectivity index (χ2v) is 8.57. The van der Waals surface area contributed by atoms with Crippen LogP contribution in [-0.2, 0) is 13.1 Å². The number of hydrogen-bond acceptors (Lipinski definition) is 3. The van der Waals surface area contributed by atoms with Gasteiger partial charge in [-0.05, 0) is 77.6 Å². The quantitative estimate of drug-likeness (QED) is 0.468. The lowest BCUT2D eigenvalue weighted by Crippen LogP contribution is -2.23. The van der Waals surface area contributed by atoms with E-state index in [9.17, 15) is 18.0 Å². The number of amides is 1. The summed E-state index contributed by atoms with van der Waals surface area (Å²) in [5, 5.41) is 0. The van der Waals surface area contributed by atoms with Crippen LogP contribution >= 0.6 is 0 Å². The van der Waals surface area contributed by atoms with E-state index in [0.29, 0.717) is 18.7 Å². The molecule has 172 valence electrons. The minimum atomic E-state index is -4.73. The van der Waals surface area contributed by atoms with Gasteiger partial charge in [0.15, 0.2) is 0 Å². The van der Waals surface area contributed by atoms with Gasteiger partial charge in [0.25, 0.3) is 5.91 Å². The maximum absolute atomic E-state index is 13.1. The molecule has 3 aromatic rings. The second kappa shape index (κ2) is 8.46. The topological polar surface area (TPSA) is 32.8 Å². The van der Waals surface area contributed by atoms with Gasteiger partial charge in [-0.3, -0.25) is 4.79 Å². The molecule has 0 aromatic heterocycles. The minimum Gasteiger partial charge on any atom is -0.406 e. The predicted molar refractivity (Wildman–Crippen MR) is 122 cm³/mol. The summed E-state index contributed by atoms with van der Waals surface area (Å²) in [6, 6.07) is 16.1. The Kier molecular flexibility index (Phi) is 5.82. The van der Waals surface area contributed by atoms with E-state index in [0.717, 1.165) is 39.1 Å². The van der Waals surface area contributed by atoms with E-state index in [-0.39, 0.29) is 11.7 Å². The fourth-order valence-corrected chi connectivity index (χ4v) is 4.28. The molecule has 0 fully saturated rings. The second-order valence-electron chi connectivity index (χ2n) is 8.57. The number of nitrogens with zero attached hydrogens (tertiary/aromatic N) is 2. The number of aryl methyl sites for hydroxylation is 2. The number of rotatable bonds is 5. The number of hydrogen-bond donors (Lipinski definition) is 0. The van der Waals surface area contributed by atoms with Crippen molar-refractivity contribution in [1.82, 2.24) is 4.90 Å². The van der Waals surface area contributed by atoms with Crippen LogP contribution in [0.15, 0.2) is 54.6 Å². The zero-order valence-corrected chi connectivity index (χ0v) is 19.0. The third-order valence-corrected chi connectivity index (χ3v) is 5.85. The molecule has 4 nitrogen and oxygen atoms in total. The molecular weight excluding hydrogens is 429 g/mol. The van der Waals surface area contributed by atoms with E-state index in [4.69, 9.17) is 0 Å². The number of ether oxygens (including phenoxy) is 1. The highest BCUT2D eigenvalue weighted by atomic mass is 19.4. The summed E-state index contributed by atoms with van der Waals surface area (Å²) < 4.78 is 41.0. The first-order valence-electron chi connectivity index (χ1n) is 10.6. The normalized spacial score (nSPS) is 13.3. The Labute approximate surface area is 191 Å². The number of carbonyl (C=O) groups excluding carboxylic acids is 1. The van der Waals surface area contributed by atoms with Gasteiger partial charge in [-0.1, -0.05) is 24.3 Å². The molecule has 1 heterocycles. The van der Waals surface area contributed by atoms with Gasteiger partial charge >= 0.3 is 6.36 Å². The molecule has 0 unspecified atom stereocenters. The van der Waals surface area contributed by atoms with E-state index in [2.05, 4.69) is 40.8 Å². The van der Waals surface area contributed by atoms with E-state index >= 15 is 0 Å². The molecule has 3 aromatic carbocycles. The molecule has 0 N–H and O–H groups in total. The molecule has 0 spiro atoms. The number of benzene rings is 3. The third kappa shape index (κ3) is 4.82. The molecule has 0 radical (unpaired) electrons. The number of anilines is 1. The van der Waals surface area contributed by atoms with Gasteiger partial charge in [0.1, 0.15) is 5.75 Å². The van der Waals surface area contributed by atoms with Gasteiger partial charge in [-0.25, -0.2) is 0 Å². The first-order chi connectivity index (χ1) is 15.5. The van der Waals surface area contributed by atoms with Crippen molar-refractivity contribution < 1.29 is 22.7 Å².